The smallest absolute Gasteiger partial charge is 0.0712 e. The van der Waals surface area contributed by atoms with Gasteiger partial charge in [-0.2, -0.15) is 5.10 Å². The SMILES string of the molecule is CCCn1ncc(Br)c1C(NN)C1CCC(C(C)C)CC1. The Morgan fingerprint density at radius 2 is 1.95 bits per heavy atom. The van der Waals surface area contributed by atoms with Crippen LogP contribution in [0.15, 0.2) is 10.7 Å². The van der Waals surface area contributed by atoms with E-state index in [-0.39, 0.29) is 6.04 Å². The zero-order chi connectivity index (χ0) is 15.4. The van der Waals surface area contributed by atoms with E-state index in [0.29, 0.717) is 5.92 Å². The first-order chi connectivity index (χ1) is 10.1. The lowest BCUT2D eigenvalue weighted by molar-refractivity contribution is 0.184. The van der Waals surface area contributed by atoms with Crippen molar-refractivity contribution in [2.45, 2.75) is 65.5 Å². The van der Waals surface area contributed by atoms with E-state index < -0.39 is 0 Å². The minimum Gasteiger partial charge on any atom is -0.271 e. The average molecular weight is 357 g/mol. The molecule has 0 aliphatic heterocycles. The van der Waals surface area contributed by atoms with Gasteiger partial charge in [0.05, 0.1) is 22.4 Å². The Morgan fingerprint density at radius 3 is 2.48 bits per heavy atom. The number of aryl methyl sites for hydroxylation is 1. The maximum absolute atomic E-state index is 5.91. The molecule has 1 unspecified atom stereocenters. The molecule has 0 aromatic carbocycles. The monoisotopic (exact) mass is 356 g/mol. The summed E-state index contributed by atoms with van der Waals surface area (Å²) in [6.07, 6.45) is 8.12. The Hall–Kier alpha value is -0.390. The van der Waals surface area contributed by atoms with Crippen LogP contribution in [-0.4, -0.2) is 9.78 Å². The normalized spacial score (nSPS) is 24.5. The molecule has 1 saturated carbocycles. The molecule has 4 nitrogen and oxygen atoms in total. The van der Waals surface area contributed by atoms with E-state index in [2.05, 4.69) is 51.9 Å². The Balaban J connectivity index is 2.12. The molecular formula is C16H29BrN4. The summed E-state index contributed by atoms with van der Waals surface area (Å²) in [4.78, 5) is 0. The van der Waals surface area contributed by atoms with Crippen molar-refractivity contribution in [3.63, 3.8) is 0 Å². The van der Waals surface area contributed by atoms with Crippen molar-refractivity contribution in [2.75, 3.05) is 0 Å². The van der Waals surface area contributed by atoms with Crippen LogP contribution in [0.3, 0.4) is 0 Å². The first-order valence-corrected chi connectivity index (χ1v) is 9.05. The van der Waals surface area contributed by atoms with Gasteiger partial charge in [0.1, 0.15) is 0 Å². The van der Waals surface area contributed by atoms with Gasteiger partial charge in [-0.1, -0.05) is 20.8 Å². The van der Waals surface area contributed by atoms with E-state index >= 15 is 0 Å². The lowest BCUT2D eigenvalue weighted by Crippen LogP contribution is -2.37. The fourth-order valence-corrected chi connectivity index (χ4v) is 4.20. The largest absolute Gasteiger partial charge is 0.271 e. The van der Waals surface area contributed by atoms with E-state index in [1.807, 2.05) is 6.20 Å². The molecule has 0 amide bonds. The summed E-state index contributed by atoms with van der Waals surface area (Å²) in [5.74, 6) is 8.19. The van der Waals surface area contributed by atoms with Crippen LogP contribution in [0.2, 0.25) is 0 Å². The van der Waals surface area contributed by atoms with Gasteiger partial charge in [0.15, 0.2) is 0 Å². The zero-order valence-corrected chi connectivity index (χ0v) is 15.1. The minimum atomic E-state index is 0.196. The number of nitrogens with one attached hydrogen (secondary N) is 1. The Morgan fingerprint density at radius 1 is 1.33 bits per heavy atom. The Kier molecular flexibility index (Phi) is 6.26. The number of halogens is 1. The standard InChI is InChI=1S/C16H29BrN4/c1-4-9-21-16(14(17)10-19-21)15(20-18)13-7-5-12(6-8-13)11(2)3/h10-13,15,20H,4-9,18H2,1-3H3. The van der Waals surface area contributed by atoms with Gasteiger partial charge >= 0.3 is 0 Å². The van der Waals surface area contributed by atoms with Crippen molar-refractivity contribution in [2.24, 2.45) is 23.6 Å². The summed E-state index contributed by atoms with van der Waals surface area (Å²) in [7, 11) is 0. The molecule has 1 aromatic heterocycles. The van der Waals surface area contributed by atoms with E-state index in [0.717, 1.165) is 29.3 Å². The third-order valence-corrected chi connectivity index (χ3v) is 5.58. The van der Waals surface area contributed by atoms with Crippen molar-refractivity contribution >= 4 is 15.9 Å². The van der Waals surface area contributed by atoms with E-state index in [1.54, 1.807) is 0 Å². The number of hydrogen-bond acceptors (Lipinski definition) is 3. The molecule has 1 aromatic rings. The highest BCUT2D eigenvalue weighted by molar-refractivity contribution is 9.10. The van der Waals surface area contributed by atoms with Crippen LogP contribution >= 0.6 is 15.9 Å². The number of hydrogen-bond donors (Lipinski definition) is 2. The highest BCUT2D eigenvalue weighted by Gasteiger charge is 2.32. The predicted molar refractivity (Wildman–Crippen MR) is 90.6 cm³/mol. The third-order valence-electron chi connectivity index (χ3n) is 4.97. The number of rotatable bonds is 6. The molecule has 1 heterocycles. The quantitative estimate of drug-likeness (QED) is 0.597. The maximum atomic E-state index is 5.91. The number of nitrogens with two attached hydrogens (primary N) is 1. The molecule has 120 valence electrons. The molecule has 1 aliphatic carbocycles. The molecule has 0 radical (unpaired) electrons. The fraction of sp³-hybridized carbons (Fsp3) is 0.812. The summed E-state index contributed by atoms with van der Waals surface area (Å²) in [5.41, 5.74) is 4.28. The first-order valence-electron chi connectivity index (χ1n) is 8.25. The van der Waals surface area contributed by atoms with Crippen LogP contribution in [0.25, 0.3) is 0 Å². The minimum absolute atomic E-state index is 0.196. The molecule has 21 heavy (non-hydrogen) atoms. The summed E-state index contributed by atoms with van der Waals surface area (Å²) in [5, 5.41) is 4.49. The van der Waals surface area contributed by atoms with Crippen molar-refractivity contribution in [1.29, 1.82) is 0 Å². The molecule has 1 fully saturated rings. The zero-order valence-electron chi connectivity index (χ0n) is 13.5. The van der Waals surface area contributed by atoms with Gasteiger partial charge in [0, 0.05) is 6.54 Å². The van der Waals surface area contributed by atoms with Crippen LogP contribution < -0.4 is 11.3 Å². The summed E-state index contributed by atoms with van der Waals surface area (Å²) in [6, 6.07) is 0.196. The molecule has 0 spiro atoms. The molecular weight excluding hydrogens is 328 g/mol. The topological polar surface area (TPSA) is 55.9 Å². The van der Waals surface area contributed by atoms with Crippen molar-refractivity contribution in [3.05, 3.63) is 16.4 Å². The maximum Gasteiger partial charge on any atom is 0.0712 e. The molecule has 0 saturated heterocycles. The van der Waals surface area contributed by atoms with Gasteiger partial charge in [-0.25, -0.2) is 0 Å². The molecule has 0 bridgehead atoms. The van der Waals surface area contributed by atoms with Gasteiger partial charge in [0.2, 0.25) is 0 Å². The van der Waals surface area contributed by atoms with Crippen LogP contribution in [0.4, 0.5) is 0 Å². The second-order valence-electron chi connectivity index (χ2n) is 6.66. The van der Waals surface area contributed by atoms with Crippen LogP contribution in [0, 0.1) is 17.8 Å². The number of aromatic nitrogens is 2. The molecule has 2 rings (SSSR count). The van der Waals surface area contributed by atoms with Gasteiger partial charge in [-0.15, -0.1) is 0 Å². The average Bonchev–Trinajstić information content (AvgIpc) is 2.83. The Bertz CT molecular complexity index is 435. The predicted octanol–water partition coefficient (Wildman–Crippen LogP) is 4.02. The van der Waals surface area contributed by atoms with E-state index in [9.17, 15) is 0 Å². The first kappa shape index (κ1) is 17.0. The second kappa shape index (κ2) is 7.75. The van der Waals surface area contributed by atoms with Crippen LogP contribution in [-0.2, 0) is 6.54 Å². The summed E-state index contributed by atoms with van der Waals surface area (Å²) >= 11 is 3.65. The summed E-state index contributed by atoms with van der Waals surface area (Å²) in [6.45, 7) is 7.81. The highest BCUT2D eigenvalue weighted by atomic mass is 79.9. The van der Waals surface area contributed by atoms with Crippen LogP contribution in [0.5, 0.6) is 0 Å². The molecule has 5 heteroatoms. The summed E-state index contributed by atoms with van der Waals surface area (Å²) < 4.78 is 3.17. The molecule has 1 aliphatic rings. The fourth-order valence-electron chi connectivity index (χ4n) is 3.65. The van der Waals surface area contributed by atoms with E-state index in [1.165, 1.54) is 31.4 Å². The lowest BCUT2D eigenvalue weighted by Gasteiger charge is -2.35. The third kappa shape index (κ3) is 3.88. The number of hydrazine groups is 1. The number of nitrogens with zero attached hydrogens (tertiary/aromatic N) is 2. The lowest BCUT2D eigenvalue weighted by atomic mass is 9.74. The van der Waals surface area contributed by atoms with Crippen molar-refractivity contribution in [3.8, 4) is 0 Å². The van der Waals surface area contributed by atoms with Crippen LogP contribution in [0.1, 0.15) is 64.6 Å². The van der Waals surface area contributed by atoms with E-state index in [4.69, 9.17) is 5.84 Å². The van der Waals surface area contributed by atoms with Crippen molar-refractivity contribution < 1.29 is 0 Å². The van der Waals surface area contributed by atoms with Gasteiger partial charge in [-0.05, 0) is 65.8 Å². The highest BCUT2D eigenvalue weighted by Crippen LogP contribution is 2.40. The van der Waals surface area contributed by atoms with Crippen molar-refractivity contribution in [1.82, 2.24) is 15.2 Å². The molecule has 3 N–H and O–H groups in total. The molecule has 1 atom stereocenters. The Labute approximate surface area is 137 Å². The van der Waals surface area contributed by atoms with Gasteiger partial charge < -0.3 is 0 Å². The van der Waals surface area contributed by atoms with Gasteiger partial charge in [0.25, 0.3) is 0 Å². The van der Waals surface area contributed by atoms with Gasteiger partial charge in [-0.3, -0.25) is 16.0 Å². The second-order valence-corrected chi connectivity index (χ2v) is 7.52.